The molecule has 0 spiro atoms. The number of ketones is 1. The Kier molecular flexibility index (Phi) is 7.35. The first-order valence-electron chi connectivity index (χ1n) is 11.9. The summed E-state index contributed by atoms with van der Waals surface area (Å²) in [6.07, 6.45) is 1.59. The van der Waals surface area contributed by atoms with Gasteiger partial charge in [-0.3, -0.25) is 18.9 Å². The van der Waals surface area contributed by atoms with E-state index in [1.165, 1.54) is 4.40 Å². The van der Waals surface area contributed by atoms with E-state index < -0.39 is 11.3 Å². The van der Waals surface area contributed by atoms with Crippen molar-refractivity contribution in [2.24, 2.45) is 0 Å². The van der Waals surface area contributed by atoms with Crippen molar-refractivity contribution < 1.29 is 19.0 Å². The van der Waals surface area contributed by atoms with Crippen LogP contribution in [-0.4, -0.2) is 59.5 Å². The van der Waals surface area contributed by atoms with Gasteiger partial charge in [0.15, 0.2) is 5.56 Å². The highest BCUT2D eigenvalue weighted by atomic mass is 16.5. The topological polar surface area (TPSA) is 82.4 Å². The molecular formula is C28H27N3O5. The Bertz CT molecular complexity index is 1380. The molecule has 0 atom stereocenters. The van der Waals surface area contributed by atoms with Crippen LogP contribution in [0.1, 0.15) is 21.5 Å². The van der Waals surface area contributed by atoms with Crippen LogP contribution in [0.4, 0.5) is 0 Å². The predicted molar refractivity (Wildman–Crippen MR) is 135 cm³/mol. The summed E-state index contributed by atoms with van der Waals surface area (Å²) in [5.74, 6) is 0.230. The maximum absolute atomic E-state index is 13.5. The Morgan fingerprint density at radius 3 is 2.44 bits per heavy atom. The molecule has 5 rings (SSSR count). The van der Waals surface area contributed by atoms with Crippen LogP contribution in [0.3, 0.4) is 0 Å². The molecule has 2 aromatic heterocycles. The number of rotatable bonds is 9. The lowest BCUT2D eigenvalue weighted by Crippen LogP contribution is -2.38. The summed E-state index contributed by atoms with van der Waals surface area (Å²) >= 11 is 0. The number of morpholine rings is 1. The molecule has 0 aliphatic carbocycles. The van der Waals surface area contributed by atoms with Crippen LogP contribution in [0.2, 0.25) is 0 Å². The first-order chi connectivity index (χ1) is 17.7. The SMILES string of the molecule is O=C(c1ccc(OCCN2CCOCC2)cc1)c1c(OCc2ccccc2)nc2ccccn2c1=O. The van der Waals surface area contributed by atoms with Crippen molar-refractivity contribution in [2.75, 3.05) is 39.5 Å². The third-order valence-corrected chi connectivity index (χ3v) is 6.04. The summed E-state index contributed by atoms with van der Waals surface area (Å²) in [6.45, 7) is 4.84. The predicted octanol–water partition coefficient (Wildman–Crippen LogP) is 3.22. The number of carbonyl (C=O) groups is 1. The molecule has 0 amide bonds. The highest BCUT2D eigenvalue weighted by Crippen LogP contribution is 2.21. The van der Waals surface area contributed by atoms with Crippen LogP contribution in [0, 0.1) is 0 Å². The van der Waals surface area contributed by atoms with E-state index >= 15 is 0 Å². The van der Waals surface area contributed by atoms with E-state index in [1.54, 1.807) is 48.7 Å². The molecule has 0 radical (unpaired) electrons. The number of fused-ring (bicyclic) bond motifs is 1. The molecule has 2 aromatic carbocycles. The summed E-state index contributed by atoms with van der Waals surface area (Å²) in [6, 6.07) is 21.5. The highest BCUT2D eigenvalue weighted by molar-refractivity contribution is 6.10. The maximum atomic E-state index is 13.5. The minimum absolute atomic E-state index is 0.0193. The molecule has 0 saturated carbocycles. The fraction of sp³-hybridized carbons (Fsp3) is 0.250. The number of benzene rings is 2. The monoisotopic (exact) mass is 485 g/mol. The zero-order valence-corrected chi connectivity index (χ0v) is 19.8. The standard InChI is InChI=1S/C28H27N3O5/c32-26(22-9-11-23(12-10-22)35-19-16-30-14-17-34-18-15-30)25-27(36-20-21-6-2-1-3-7-21)29-24-8-4-5-13-31(24)28(25)33/h1-13H,14-20H2. The minimum Gasteiger partial charge on any atom is -0.492 e. The second-order valence-corrected chi connectivity index (χ2v) is 8.46. The zero-order valence-electron chi connectivity index (χ0n) is 19.8. The van der Waals surface area contributed by atoms with Gasteiger partial charge in [-0.05, 0) is 42.0 Å². The Morgan fingerprint density at radius 2 is 1.67 bits per heavy atom. The smallest absolute Gasteiger partial charge is 0.273 e. The highest BCUT2D eigenvalue weighted by Gasteiger charge is 2.23. The van der Waals surface area contributed by atoms with Gasteiger partial charge in [0.2, 0.25) is 11.7 Å². The van der Waals surface area contributed by atoms with Gasteiger partial charge < -0.3 is 14.2 Å². The van der Waals surface area contributed by atoms with Gasteiger partial charge in [-0.25, -0.2) is 0 Å². The van der Waals surface area contributed by atoms with Gasteiger partial charge in [0.1, 0.15) is 24.6 Å². The zero-order chi connectivity index (χ0) is 24.7. The lowest BCUT2D eigenvalue weighted by molar-refractivity contribution is 0.0322. The molecule has 1 fully saturated rings. The average molecular weight is 486 g/mol. The van der Waals surface area contributed by atoms with Gasteiger partial charge in [-0.1, -0.05) is 36.4 Å². The van der Waals surface area contributed by atoms with Crippen LogP contribution in [-0.2, 0) is 11.3 Å². The van der Waals surface area contributed by atoms with E-state index in [-0.39, 0.29) is 18.1 Å². The van der Waals surface area contributed by atoms with E-state index in [9.17, 15) is 9.59 Å². The third-order valence-electron chi connectivity index (χ3n) is 6.04. The molecule has 1 saturated heterocycles. The normalized spacial score (nSPS) is 14.0. The molecule has 8 nitrogen and oxygen atoms in total. The molecule has 184 valence electrons. The second-order valence-electron chi connectivity index (χ2n) is 8.46. The molecular weight excluding hydrogens is 458 g/mol. The largest absolute Gasteiger partial charge is 0.492 e. The molecule has 1 aliphatic heterocycles. The Hall–Kier alpha value is -4.01. The summed E-state index contributed by atoms with van der Waals surface area (Å²) in [5.41, 5.74) is 1.10. The fourth-order valence-corrected chi connectivity index (χ4v) is 4.06. The van der Waals surface area contributed by atoms with Gasteiger partial charge in [0, 0.05) is 31.4 Å². The summed E-state index contributed by atoms with van der Waals surface area (Å²) < 4.78 is 18.5. The third kappa shape index (κ3) is 5.45. The first-order valence-corrected chi connectivity index (χ1v) is 11.9. The number of ether oxygens (including phenoxy) is 3. The van der Waals surface area contributed by atoms with Crippen molar-refractivity contribution in [2.45, 2.75) is 6.61 Å². The van der Waals surface area contributed by atoms with E-state index in [0.717, 1.165) is 38.4 Å². The first kappa shape index (κ1) is 23.7. The van der Waals surface area contributed by atoms with Crippen LogP contribution >= 0.6 is 0 Å². The lowest BCUT2D eigenvalue weighted by Gasteiger charge is -2.26. The van der Waals surface area contributed by atoms with Crippen molar-refractivity contribution in [1.29, 1.82) is 0 Å². The number of nitrogens with zero attached hydrogens (tertiary/aromatic N) is 3. The summed E-state index contributed by atoms with van der Waals surface area (Å²) in [5, 5.41) is 0. The van der Waals surface area contributed by atoms with Crippen LogP contribution in [0.25, 0.3) is 5.65 Å². The minimum atomic E-state index is -0.473. The number of pyridine rings is 1. The van der Waals surface area contributed by atoms with Gasteiger partial charge in [-0.2, -0.15) is 4.98 Å². The van der Waals surface area contributed by atoms with E-state index in [0.29, 0.717) is 23.6 Å². The molecule has 4 aromatic rings. The number of hydrogen-bond donors (Lipinski definition) is 0. The second kappa shape index (κ2) is 11.2. The Labute approximate surface area is 208 Å². The quantitative estimate of drug-likeness (QED) is 0.337. The van der Waals surface area contributed by atoms with Gasteiger partial charge in [0.05, 0.1) is 13.2 Å². The lowest BCUT2D eigenvalue weighted by atomic mass is 10.1. The number of aromatic nitrogens is 2. The van der Waals surface area contributed by atoms with Crippen LogP contribution in [0.5, 0.6) is 11.6 Å². The molecule has 36 heavy (non-hydrogen) atoms. The van der Waals surface area contributed by atoms with E-state index in [4.69, 9.17) is 14.2 Å². The number of hydrogen-bond acceptors (Lipinski definition) is 7. The maximum Gasteiger partial charge on any atom is 0.273 e. The van der Waals surface area contributed by atoms with Crippen LogP contribution < -0.4 is 15.0 Å². The number of carbonyl (C=O) groups excluding carboxylic acids is 1. The van der Waals surface area contributed by atoms with Crippen molar-refractivity contribution in [3.8, 4) is 11.6 Å². The Morgan fingerprint density at radius 1 is 0.917 bits per heavy atom. The van der Waals surface area contributed by atoms with Gasteiger partial charge in [-0.15, -0.1) is 0 Å². The van der Waals surface area contributed by atoms with Crippen molar-refractivity contribution in [1.82, 2.24) is 14.3 Å². The van der Waals surface area contributed by atoms with Crippen molar-refractivity contribution in [3.05, 3.63) is 106 Å². The van der Waals surface area contributed by atoms with Gasteiger partial charge >= 0.3 is 0 Å². The fourth-order valence-electron chi connectivity index (χ4n) is 4.06. The molecule has 0 N–H and O–H groups in total. The van der Waals surface area contributed by atoms with Crippen molar-refractivity contribution >= 4 is 11.4 Å². The molecule has 1 aliphatic rings. The van der Waals surface area contributed by atoms with E-state index in [2.05, 4.69) is 9.88 Å². The summed E-state index contributed by atoms with van der Waals surface area (Å²) in [7, 11) is 0. The van der Waals surface area contributed by atoms with E-state index in [1.807, 2.05) is 30.3 Å². The molecule has 0 unspecified atom stereocenters. The molecule has 0 bridgehead atoms. The molecule has 8 heteroatoms. The van der Waals surface area contributed by atoms with Gasteiger partial charge in [0.25, 0.3) is 5.56 Å². The molecule has 3 heterocycles. The van der Waals surface area contributed by atoms with Crippen LogP contribution in [0.15, 0.2) is 83.8 Å². The average Bonchev–Trinajstić information content (AvgIpc) is 2.93. The van der Waals surface area contributed by atoms with Crippen molar-refractivity contribution in [3.63, 3.8) is 0 Å². The summed E-state index contributed by atoms with van der Waals surface area (Å²) in [4.78, 5) is 33.6. The Balaban J connectivity index is 1.36.